The number of rotatable bonds is 5. The number of hydrogen-bond donors (Lipinski definition) is 2. The molecular formula is C24H24ClN3O4. The normalized spacial score (nSPS) is 18.2. The summed E-state index contributed by atoms with van der Waals surface area (Å²) in [5, 5.41) is 5.89. The van der Waals surface area contributed by atoms with E-state index < -0.39 is 11.9 Å². The van der Waals surface area contributed by atoms with Gasteiger partial charge in [0.05, 0.1) is 6.42 Å². The Hall–Kier alpha value is -3.19. The Kier molecular flexibility index (Phi) is 6.28. The smallest absolute Gasteiger partial charge is 0.255 e. The van der Waals surface area contributed by atoms with Crippen LogP contribution in [-0.2, 0) is 33.9 Å². The van der Waals surface area contributed by atoms with Gasteiger partial charge >= 0.3 is 0 Å². The Bertz CT molecular complexity index is 1110. The van der Waals surface area contributed by atoms with Gasteiger partial charge in [0.15, 0.2) is 0 Å². The van der Waals surface area contributed by atoms with E-state index in [1.165, 1.54) is 4.90 Å². The highest BCUT2D eigenvalue weighted by Crippen LogP contribution is 2.28. The quantitative estimate of drug-likeness (QED) is 0.680. The summed E-state index contributed by atoms with van der Waals surface area (Å²) >= 11 is 6.12. The molecule has 2 aliphatic heterocycles. The lowest BCUT2D eigenvalue weighted by Crippen LogP contribution is -2.46. The summed E-state index contributed by atoms with van der Waals surface area (Å²) in [6, 6.07) is 10.3. The molecule has 4 amide bonds. The van der Waals surface area contributed by atoms with Crippen LogP contribution in [0.3, 0.4) is 0 Å². The van der Waals surface area contributed by atoms with Crippen LogP contribution in [0.1, 0.15) is 51.9 Å². The number of halogens is 1. The molecule has 2 aromatic rings. The minimum atomic E-state index is -0.647. The third-order valence-electron chi connectivity index (χ3n) is 5.92. The molecule has 1 fully saturated rings. The van der Waals surface area contributed by atoms with Crippen molar-refractivity contribution in [1.29, 1.82) is 0 Å². The maximum atomic E-state index is 12.8. The van der Waals surface area contributed by atoms with Gasteiger partial charge in [-0.2, -0.15) is 0 Å². The van der Waals surface area contributed by atoms with Gasteiger partial charge < -0.3 is 10.2 Å². The Morgan fingerprint density at radius 3 is 2.72 bits per heavy atom. The van der Waals surface area contributed by atoms with Crippen LogP contribution in [0.25, 0.3) is 0 Å². The zero-order chi connectivity index (χ0) is 22.8. The Morgan fingerprint density at radius 2 is 1.94 bits per heavy atom. The van der Waals surface area contributed by atoms with Crippen molar-refractivity contribution in [2.75, 3.05) is 0 Å². The van der Waals surface area contributed by atoms with Crippen LogP contribution in [0, 0.1) is 6.92 Å². The fraction of sp³-hybridized carbons (Fsp3) is 0.333. The molecular weight excluding hydrogens is 430 g/mol. The molecule has 2 aliphatic rings. The van der Waals surface area contributed by atoms with Crippen molar-refractivity contribution < 1.29 is 19.2 Å². The van der Waals surface area contributed by atoms with Gasteiger partial charge in [-0.1, -0.05) is 35.9 Å². The predicted octanol–water partition coefficient (Wildman–Crippen LogP) is 2.66. The molecule has 1 atom stereocenters. The van der Waals surface area contributed by atoms with E-state index in [4.69, 9.17) is 11.6 Å². The monoisotopic (exact) mass is 453 g/mol. The van der Waals surface area contributed by atoms with Crippen molar-refractivity contribution in [3.8, 4) is 0 Å². The molecule has 166 valence electrons. The van der Waals surface area contributed by atoms with E-state index in [1.807, 2.05) is 25.1 Å². The second-order valence-corrected chi connectivity index (χ2v) is 8.69. The van der Waals surface area contributed by atoms with Crippen LogP contribution in [0.5, 0.6) is 0 Å². The first kappa shape index (κ1) is 22.0. The molecule has 2 heterocycles. The summed E-state index contributed by atoms with van der Waals surface area (Å²) in [5.41, 5.74) is 4.04. The van der Waals surface area contributed by atoms with Gasteiger partial charge in [-0.05, 0) is 54.2 Å². The van der Waals surface area contributed by atoms with Crippen molar-refractivity contribution in [3.05, 3.63) is 69.2 Å². The largest absolute Gasteiger partial charge is 0.352 e. The van der Waals surface area contributed by atoms with Crippen molar-refractivity contribution in [2.45, 2.75) is 51.7 Å². The number of carbonyl (C=O) groups excluding carboxylic acids is 4. The van der Waals surface area contributed by atoms with Gasteiger partial charge in [-0.15, -0.1) is 0 Å². The fourth-order valence-electron chi connectivity index (χ4n) is 4.12. The molecule has 0 aliphatic carbocycles. The predicted molar refractivity (Wildman–Crippen MR) is 119 cm³/mol. The van der Waals surface area contributed by atoms with Gasteiger partial charge in [-0.3, -0.25) is 24.5 Å². The Morgan fingerprint density at radius 1 is 1.16 bits per heavy atom. The number of imide groups is 1. The van der Waals surface area contributed by atoms with Crippen LogP contribution in [0.2, 0.25) is 5.02 Å². The second-order valence-electron chi connectivity index (χ2n) is 8.28. The average molecular weight is 454 g/mol. The zero-order valence-electron chi connectivity index (χ0n) is 17.7. The van der Waals surface area contributed by atoms with Gasteiger partial charge in [-0.25, -0.2) is 0 Å². The van der Waals surface area contributed by atoms with E-state index in [9.17, 15) is 19.2 Å². The summed E-state index contributed by atoms with van der Waals surface area (Å²) in [7, 11) is 0. The van der Waals surface area contributed by atoms with Crippen molar-refractivity contribution in [1.82, 2.24) is 15.5 Å². The first-order chi connectivity index (χ1) is 15.3. The summed E-state index contributed by atoms with van der Waals surface area (Å²) in [6.45, 7) is 2.55. The SMILES string of the molecule is Cc1ccc(CC(=O)NCc2ccc3c(c2)CN(C2CCCC(=O)NC2=O)C3=O)cc1Cl. The van der Waals surface area contributed by atoms with Gasteiger partial charge in [0.1, 0.15) is 6.04 Å². The average Bonchev–Trinajstić information content (AvgIpc) is 2.97. The Labute approximate surface area is 191 Å². The van der Waals surface area contributed by atoms with Crippen molar-refractivity contribution >= 4 is 35.2 Å². The number of fused-ring (bicyclic) bond motifs is 1. The third kappa shape index (κ3) is 4.67. The van der Waals surface area contributed by atoms with E-state index in [0.29, 0.717) is 36.5 Å². The number of nitrogens with one attached hydrogen (secondary N) is 2. The molecule has 0 spiro atoms. The molecule has 1 unspecified atom stereocenters. The number of aryl methyl sites for hydroxylation is 1. The number of amides is 4. The molecule has 32 heavy (non-hydrogen) atoms. The molecule has 0 saturated carbocycles. The number of nitrogens with zero attached hydrogens (tertiary/aromatic N) is 1. The van der Waals surface area contributed by atoms with Gasteiger partial charge in [0.2, 0.25) is 17.7 Å². The highest BCUT2D eigenvalue weighted by molar-refractivity contribution is 6.31. The molecule has 1 saturated heterocycles. The molecule has 8 heteroatoms. The number of carbonyl (C=O) groups is 4. The first-order valence-electron chi connectivity index (χ1n) is 10.6. The molecule has 7 nitrogen and oxygen atoms in total. The van der Waals surface area contributed by atoms with Crippen LogP contribution >= 0.6 is 11.6 Å². The molecule has 4 rings (SSSR count). The molecule has 0 bridgehead atoms. The van der Waals surface area contributed by atoms with E-state index in [1.54, 1.807) is 18.2 Å². The van der Waals surface area contributed by atoms with Gasteiger partial charge in [0, 0.05) is 30.1 Å². The highest BCUT2D eigenvalue weighted by atomic mass is 35.5. The molecule has 2 aromatic carbocycles. The van der Waals surface area contributed by atoms with Crippen molar-refractivity contribution in [3.63, 3.8) is 0 Å². The summed E-state index contributed by atoms with van der Waals surface area (Å²) in [4.78, 5) is 50.7. The lowest BCUT2D eigenvalue weighted by Gasteiger charge is -2.24. The lowest BCUT2D eigenvalue weighted by molar-refractivity contribution is -0.132. The number of hydrogen-bond acceptors (Lipinski definition) is 4. The maximum absolute atomic E-state index is 12.8. The summed E-state index contributed by atoms with van der Waals surface area (Å²) in [6.07, 6.45) is 1.54. The first-order valence-corrected chi connectivity index (χ1v) is 11.0. The van der Waals surface area contributed by atoms with Crippen LogP contribution < -0.4 is 10.6 Å². The molecule has 2 N–H and O–H groups in total. The molecule has 0 radical (unpaired) electrons. The highest BCUT2D eigenvalue weighted by Gasteiger charge is 2.37. The standard InChI is InChI=1S/C24H24ClN3O4/c1-14-5-6-15(10-19(14)25)11-22(30)26-12-16-7-8-18-17(9-16)13-28(24(18)32)20-3-2-4-21(29)27-23(20)31/h5-10,20H,2-4,11-13H2,1H3,(H,26,30)(H,27,29,31). The van der Waals surface area contributed by atoms with Gasteiger partial charge in [0.25, 0.3) is 5.91 Å². The van der Waals surface area contributed by atoms with Crippen LogP contribution in [0.4, 0.5) is 0 Å². The maximum Gasteiger partial charge on any atom is 0.255 e. The molecule has 0 aromatic heterocycles. The van der Waals surface area contributed by atoms with Crippen LogP contribution in [-0.4, -0.2) is 34.6 Å². The number of benzene rings is 2. The van der Waals surface area contributed by atoms with Crippen LogP contribution in [0.15, 0.2) is 36.4 Å². The summed E-state index contributed by atoms with van der Waals surface area (Å²) in [5.74, 6) is -1.05. The fourth-order valence-corrected chi connectivity index (χ4v) is 4.32. The Balaban J connectivity index is 1.39. The van der Waals surface area contributed by atoms with Crippen molar-refractivity contribution in [2.24, 2.45) is 0 Å². The summed E-state index contributed by atoms with van der Waals surface area (Å²) < 4.78 is 0. The topological polar surface area (TPSA) is 95.6 Å². The lowest BCUT2D eigenvalue weighted by atomic mass is 10.1. The minimum absolute atomic E-state index is 0.122. The van der Waals surface area contributed by atoms with E-state index in [2.05, 4.69) is 10.6 Å². The second kappa shape index (κ2) is 9.12. The third-order valence-corrected chi connectivity index (χ3v) is 6.32. The van der Waals surface area contributed by atoms with E-state index >= 15 is 0 Å². The van der Waals surface area contributed by atoms with E-state index in [0.717, 1.165) is 22.3 Å². The van der Waals surface area contributed by atoms with E-state index in [-0.39, 0.29) is 30.6 Å². The zero-order valence-corrected chi connectivity index (χ0v) is 18.5. The minimum Gasteiger partial charge on any atom is -0.352 e.